The van der Waals surface area contributed by atoms with E-state index in [2.05, 4.69) is 20.0 Å². The fourth-order valence-electron chi connectivity index (χ4n) is 1.18. The van der Waals surface area contributed by atoms with Crippen molar-refractivity contribution in [3.8, 4) is 0 Å². The first-order valence-electron chi connectivity index (χ1n) is 3.95. The summed E-state index contributed by atoms with van der Waals surface area (Å²) in [5.41, 5.74) is 0.697. The molecule has 0 saturated heterocycles. The second kappa shape index (κ2) is 3.06. The third-order valence-corrected chi connectivity index (χ3v) is 1.84. The number of hydrogen-bond acceptors (Lipinski definition) is 5. The van der Waals surface area contributed by atoms with Crippen molar-refractivity contribution in [1.82, 2.24) is 9.97 Å². The molecule has 0 saturated carbocycles. The minimum absolute atomic E-state index is 0.0477. The number of hydrogen-bond donors (Lipinski definition) is 1. The van der Waals surface area contributed by atoms with E-state index in [9.17, 15) is 9.59 Å². The molecule has 2 heterocycles. The SMILES string of the molecule is COC(=O)c1ncc2c(n1)NC(=O)C2. The van der Waals surface area contributed by atoms with E-state index >= 15 is 0 Å². The first-order valence-corrected chi connectivity index (χ1v) is 3.95. The molecule has 1 N–H and O–H groups in total. The number of nitrogens with zero attached hydrogens (tertiary/aromatic N) is 2. The van der Waals surface area contributed by atoms with E-state index in [4.69, 9.17) is 0 Å². The van der Waals surface area contributed by atoms with E-state index in [1.165, 1.54) is 13.3 Å². The zero-order valence-corrected chi connectivity index (χ0v) is 7.40. The molecule has 0 radical (unpaired) electrons. The van der Waals surface area contributed by atoms with Crippen LogP contribution in [0.4, 0.5) is 5.82 Å². The van der Waals surface area contributed by atoms with Crippen LogP contribution in [-0.2, 0) is 16.0 Å². The molecule has 0 aliphatic carbocycles. The number of carbonyl (C=O) groups is 2. The van der Waals surface area contributed by atoms with Gasteiger partial charge in [0.2, 0.25) is 11.7 Å². The molecular weight excluding hydrogens is 186 g/mol. The summed E-state index contributed by atoms with van der Waals surface area (Å²) in [4.78, 5) is 29.6. The Balaban J connectivity index is 2.37. The Bertz CT molecular complexity index is 416. The van der Waals surface area contributed by atoms with E-state index in [1.54, 1.807) is 0 Å². The highest BCUT2D eigenvalue weighted by Gasteiger charge is 2.21. The van der Waals surface area contributed by atoms with Gasteiger partial charge in [-0.1, -0.05) is 0 Å². The van der Waals surface area contributed by atoms with E-state index in [0.717, 1.165) is 0 Å². The predicted molar refractivity (Wildman–Crippen MR) is 45.7 cm³/mol. The van der Waals surface area contributed by atoms with Crippen molar-refractivity contribution in [1.29, 1.82) is 0 Å². The maximum absolute atomic E-state index is 11.0. The molecule has 72 valence electrons. The Labute approximate surface area is 79.3 Å². The average molecular weight is 193 g/mol. The van der Waals surface area contributed by atoms with Gasteiger partial charge in [-0.25, -0.2) is 14.8 Å². The van der Waals surface area contributed by atoms with Gasteiger partial charge in [-0.15, -0.1) is 0 Å². The highest BCUT2D eigenvalue weighted by atomic mass is 16.5. The molecule has 0 atom stereocenters. The zero-order valence-electron chi connectivity index (χ0n) is 7.40. The molecule has 0 bridgehead atoms. The van der Waals surface area contributed by atoms with Crippen LogP contribution in [0.15, 0.2) is 6.20 Å². The topological polar surface area (TPSA) is 81.2 Å². The number of nitrogens with one attached hydrogen (secondary N) is 1. The number of amides is 1. The molecule has 6 nitrogen and oxygen atoms in total. The summed E-state index contributed by atoms with van der Waals surface area (Å²) in [6.45, 7) is 0. The second-order valence-corrected chi connectivity index (χ2v) is 2.78. The highest BCUT2D eigenvalue weighted by Crippen LogP contribution is 2.18. The van der Waals surface area contributed by atoms with Gasteiger partial charge >= 0.3 is 5.97 Å². The van der Waals surface area contributed by atoms with Gasteiger partial charge in [0.25, 0.3) is 0 Å². The molecule has 1 aromatic rings. The fraction of sp³-hybridized carbons (Fsp3) is 0.250. The van der Waals surface area contributed by atoms with Gasteiger partial charge in [-0.2, -0.15) is 0 Å². The largest absolute Gasteiger partial charge is 0.463 e. The number of methoxy groups -OCH3 is 1. The van der Waals surface area contributed by atoms with Crippen LogP contribution in [-0.4, -0.2) is 29.0 Å². The molecule has 0 aromatic carbocycles. The lowest BCUT2D eigenvalue weighted by Crippen LogP contribution is -2.09. The normalized spacial score (nSPS) is 13.4. The summed E-state index contributed by atoms with van der Waals surface area (Å²) in [6.07, 6.45) is 1.71. The van der Waals surface area contributed by atoms with Crippen molar-refractivity contribution in [3.05, 3.63) is 17.6 Å². The average Bonchev–Trinajstić information content (AvgIpc) is 2.55. The third kappa shape index (κ3) is 1.30. The van der Waals surface area contributed by atoms with Crippen molar-refractivity contribution >= 4 is 17.7 Å². The van der Waals surface area contributed by atoms with Gasteiger partial charge in [-0.05, 0) is 0 Å². The van der Waals surface area contributed by atoms with Crippen LogP contribution in [0.3, 0.4) is 0 Å². The van der Waals surface area contributed by atoms with Crippen molar-refractivity contribution in [3.63, 3.8) is 0 Å². The predicted octanol–water partition coefficient (Wildman–Crippen LogP) is -0.242. The Hall–Kier alpha value is -1.98. The zero-order chi connectivity index (χ0) is 10.1. The molecule has 2 rings (SSSR count). The quantitative estimate of drug-likeness (QED) is 0.622. The van der Waals surface area contributed by atoms with Gasteiger partial charge in [-0.3, -0.25) is 4.79 Å². The van der Waals surface area contributed by atoms with Crippen molar-refractivity contribution in [2.45, 2.75) is 6.42 Å². The molecule has 6 heteroatoms. The Morgan fingerprint density at radius 1 is 1.64 bits per heavy atom. The number of carbonyl (C=O) groups excluding carboxylic acids is 2. The number of ether oxygens (including phenoxy) is 1. The molecule has 0 fully saturated rings. The van der Waals surface area contributed by atoms with Crippen LogP contribution in [0.25, 0.3) is 0 Å². The smallest absolute Gasteiger partial charge is 0.376 e. The van der Waals surface area contributed by atoms with Crippen molar-refractivity contribution < 1.29 is 14.3 Å². The highest BCUT2D eigenvalue weighted by molar-refractivity contribution is 5.98. The lowest BCUT2D eigenvalue weighted by molar-refractivity contribution is -0.115. The van der Waals surface area contributed by atoms with Gasteiger partial charge in [0.1, 0.15) is 5.82 Å². The van der Waals surface area contributed by atoms with Crippen LogP contribution in [0.5, 0.6) is 0 Å². The Kier molecular flexibility index (Phi) is 1.88. The molecule has 0 spiro atoms. The second-order valence-electron chi connectivity index (χ2n) is 2.78. The van der Waals surface area contributed by atoms with E-state index in [1.807, 2.05) is 0 Å². The maximum Gasteiger partial charge on any atom is 0.376 e. The molecule has 0 unspecified atom stereocenters. The number of fused-ring (bicyclic) bond motifs is 1. The standard InChI is InChI=1S/C8H7N3O3/c1-14-8(13)7-9-3-4-2-5(12)10-6(4)11-7/h3H,2H2,1H3,(H,9,10,11,12). The maximum atomic E-state index is 11.0. The van der Waals surface area contributed by atoms with Gasteiger partial charge < -0.3 is 10.1 Å². The van der Waals surface area contributed by atoms with Gasteiger partial charge in [0, 0.05) is 11.8 Å². The number of aromatic nitrogens is 2. The Morgan fingerprint density at radius 3 is 3.14 bits per heavy atom. The van der Waals surface area contributed by atoms with E-state index in [0.29, 0.717) is 11.4 Å². The summed E-state index contributed by atoms with van der Waals surface area (Å²) in [7, 11) is 1.25. The summed E-state index contributed by atoms with van der Waals surface area (Å²) in [5.74, 6) is -0.413. The summed E-state index contributed by atoms with van der Waals surface area (Å²) in [6, 6.07) is 0. The van der Waals surface area contributed by atoms with Crippen LogP contribution in [0.1, 0.15) is 16.2 Å². The molecular formula is C8H7N3O3. The van der Waals surface area contributed by atoms with Crippen LogP contribution in [0, 0.1) is 0 Å². The van der Waals surface area contributed by atoms with E-state index < -0.39 is 5.97 Å². The monoisotopic (exact) mass is 193 g/mol. The van der Waals surface area contributed by atoms with Crippen LogP contribution >= 0.6 is 0 Å². The minimum atomic E-state index is -0.617. The first kappa shape index (κ1) is 8.61. The number of esters is 1. The lowest BCUT2D eigenvalue weighted by Gasteiger charge is -1.99. The van der Waals surface area contributed by atoms with E-state index in [-0.39, 0.29) is 18.2 Å². The molecule has 1 aliphatic heterocycles. The lowest BCUT2D eigenvalue weighted by atomic mass is 10.3. The molecule has 1 aliphatic rings. The molecule has 14 heavy (non-hydrogen) atoms. The van der Waals surface area contributed by atoms with Crippen LogP contribution in [0.2, 0.25) is 0 Å². The summed E-state index contributed by atoms with van der Waals surface area (Å²) < 4.78 is 4.45. The Morgan fingerprint density at radius 2 is 2.43 bits per heavy atom. The van der Waals surface area contributed by atoms with Crippen LogP contribution < -0.4 is 5.32 Å². The molecule has 1 aromatic heterocycles. The van der Waals surface area contributed by atoms with Crippen molar-refractivity contribution in [2.24, 2.45) is 0 Å². The minimum Gasteiger partial charge on any atom is -0.463 e. The number of rotatable bonds is 1. The first-order chi connectivity index (χ1) is 6.70. The van der Waals surface area contributed by atoms with Crippen molar-refractivity contribution in [2.75, 3.05) is 12.4 Å². The van der Waals surface area contributed by atoms with Gasteiger partial charge in [0.15, 0.2) is 0 Å². The third-order valence-electron chi connectivity index (χ3n) is 1.84. The summed E-state index contributed by atoms with van der Waals surface area (Å²) in [5, 5.41) is 2.52. The fourth-order valence-corrected chi connectivity index (χ4v) is 1.18. The summed E-state index contributed by atoms with van der Waals surface area (Å²) >= 11 is 0. The molecule has 1 amide bonds. The van der Waals surface area contributed by atoms with Gasteiger partial charge in [0.05, 0.1) is 13.5 Å². The number of anilines is 1.